The lowest BCUT2D eigenvalue weighted by Gasteiger charge is -2.47. The Morgan fingerprint density at radius 2 is 1.89 bits per heavy atom. The molecular formula is C14H26N2O3. The number of piperazine rings is 1. The first-order valence-electron chi connectivity index (χ1n) is 7.23. The Hall–Kier alpha value is -1.10. The lowest BCUT2D eigenvalue weighted by Crippen LogP contribution is -2.69. The van der Waals surface area contributed by atoms with E-state index >= 15 is 0 Å². The van der Waals surface area contributed by atoms with E-state index in [1.54, 1.807) is 11.8 Å². The van der Waals surface area contributed by atoms with Gasteiger partial charge in [-0.25, -0.2) is 0 Å². The fourth-order valence-corrected chi connectivity index (χ4v) is 2.71. The third-order valence-corrected chi connectivity index (χ3v) is 3.97. The molecule has 0 aromatic carbocycles. The lowest BCUT2D eigenvalue weighted by molar-refractivity contribution is -0.158. The quantitative estimate of drug-likeness (QED) is 0.710. The van der Waals surface area contributed by atoms with E-state index in [9.17, 15) is 9.59 Å². The number of hydrogen-bond acceptors (Lipinski definition) is 3. The average Bonchev–Trinajstić information content (AvgIpc) is 2.40. The van der Waals surface area contributed by atoms with E-state index in [2.05, 4.69) is 5.32 Å². The summed E-state index contributed by atoms with van der Waals surface area (Å²) in [7, 11) is 0. The highest BCUT2D eigenvalue weighted by molar-refractivity contribution is 5.99. The highest BCUT2D eigenvalue weighted by atomic mass is 16.5. The zero-order chi connectivity index (χ0) is 14.5. The molecule has 0 radical (unpaired) electrons. The monoisotopic (exact) mass is 270 g/mol. The van der Waals surface area contributed by atoms with Crippen molar-refractivity contribution in [3.63, 3.8) is 0 Å². The third-order valence-electron chi connectivity index (χ3n) is 3.97. The van der Waals surface area contributed by atoms with E-state index in [1.807, 2.05) is 20.8 Å². The third kappa shape index (κ3) is 3.08. The van der Waals surface area contributed by atoms with Gasteiger partial charge in [-0.05, 0) is 33.1 Å². The molecule has 1 heterocycles. The van der Waals surface area contributed by atoms with Crippen LogP contribution in [0.5, 0.6) is 0 Å². The Balaban J connectivity index is 2.83. The summed E-state index contributed by atoms with van der Waals surface area (Å²) in [5, 5.41) is 2.79. The van der Waals surface area contributed by atoms with Crippen molar-refractivity contribution < 1.29 is 14.3 Å². The van der Waals surface area contributed by atoms with Crippen LogP contribution in [0.15, 0.2) is 0 Å². The van der Waals surface area contributed by atoms with Gasteiger partial charge in [0.15, 0.2) is 0 Å². The molecule has 110 valence electrons. The molecule has 1 fully saturated rings. The van der Waals surface area contributed by atoms with Gasteiger partial charge in [0.2, 0.25) is 11.8 Å². The molecule has 1 aliphatic heterocycles. The minimum absolute atomic E-state index is 0.0137. The number of rotatable bonds is 7. The fourth-order valence-electron chi connectivity index (χ4n) is 2.71. The second kappa shape index (κ2) is 6.89. The first-order chi connectivity index (χ1) is 9.03. The minimum Gasteiger partial charge on any atom is -0.382 e. The molecule has 1 saturated heterocycles. The second-order valence-electron chi connectivity index (χ2n) is 4.97. The van der Waals surface area contributed by atoms with Crippen LogP contribution in [0.1, 0.15) is 47.0 Å². The largest absolute Gasteiger partial charge is 0.382 e. The van der Waals surface area contributed by atoms with Crippen molar-refractivity contribution in [1.82, 2.24) is 10.2 Å². The highest BCUT2D eigenvalue weighted by Gasteiger charge is 2.48. The van der Waals surface area contributed by atoms with E-state index in [1.165, 1.54) is 0 Å². The molecule has 1 aliphatic rings. The Labute approximate surface area is 115 Å². The molecule has 5 nitrogen and oxygen atoms in total. The van der Waals surface area contributed by atoms with Crippen molar-refractivity contribution in [3.8, 4) is 0 Å². The van der Waals surface area contributed by atoms with E-state index in [0.29, 0.717) is 32.6 Å². The topological polar surface area (TPSA) is 58.6 Å². The molecule has 0 bridgehead atoms. The van der Waals surface area contributed by atoms with Gasteiger partial charge in [0.05, 0.1) is 0 Å². The van der Waals surface area contributed by atoms with Gasteiger partial charge in [0.1, 0.15) is 11.6 Å². The van der Waals surface area contributed by atoms with Gasteiger partial charge in [0.25, 0.3) is 0 Å². The van der Waals surface area contributed by atoms with Crippen LogP contribution in [0, 0.1) is 0 Å². The molecule has 0 spiro atoms. The van der Waals surface area contributed by atoms with Crippen molar-refractivity contribution in [2.24, 2.45) is 0 Å². The summed E-state index contributed by atoms with van der Waals surface area (Å²) in [6.45, 7) is 9.49. The van der Waals surface area contributed by atoms with E-state index in [-0.39, 0.29) is 11.8 Å². The molecule has 1 unspecified atom stereocenters. The van der Waals surface area contributed by atoms with Crippen molar-refractivity contribution in [3.05, 3.63) is 0 Å². The van der Waals surface area contributed by atoms with Gasteiger partial charge in [-0.1, -0.05) is 13.8 Å². The van der Waals surface area contributed by atoms with Crippen LogP contribution in [-0.2, 0) is 14.3 Å². The molecule has 19 heavy (non-hydrogen) atoms. The van der Waals surface area contributed by atoms with Crippen LogP contribution in [0.4, 0.5) is 0 Å². The van der Waals surface area contributed by atoms with Gasteiger partial charge in [-0.15, -0.1) is 0 Å². The Bertz CT molecular complexity index is 327. The van der Waals surface area contributed by atoms with Gasteiger partial charge in [-0.3, -0.25) is 9.59 Å². The van der Waals surface area contributed by atoms with Crippen molar-refractivity contribution in [2.45, 2.75) is 58.5 Å². The predicted octanol–water partition coefficient (Wildman–Crippen LogP) is 1.32. The van der Waals surface area contributed by atoms with Crippen LogP contribution in [0.2, 0.25) is 0 Å². The first kappa shape index (κ1) is 16.0. The lowest BCUT2D eigenvalue weighted by atomic mass is 9.86. The molecule has 0 aromatic heterocycles. The number of carbonyl (C=O) groups is 2. The smallest absolute Gasteiger partial charge is 0.246 e. The summed E-state index contributed by atoms with van der Waals surface area (Å²) in [5.74, 6) is -0.0131. The first-order valence-corrected chi connectivity index (χ1v) is 7.23. The van der Waals surface area contributed by atoms with Crippen LogP contribution in [0.3, 0.4) is 0 Å². The van der Waals surface area contributed by atoms with Crippen LogP contribution in [-0.4, -0.2) is 48.1 Å². The number of amides is 2. The fraction of sp³-hybridized carbons (Fsp3) is 0.857. The highest BCUT2D eigenvalue weighted by Crippen LogP contribution is 2.28. The number of nitrogens with zero attached hydrogens (tertiary/aromatic N) is 1. The van der Waals surface area contributed by atoms with E-state index in [4.69, 9.17) is 4.74 Å². The van der Waals surface area contributed by atoms with Gasteiger partial charge in [-0.2, -0.15) is 0 Å². The van der Waals surface area contributed by atoms with Crippen molar-refractivity contribution in [2.75, 3.05) is 19.8 Å². The van der Waals surface area contributed by atoms with Gasteiger partial charge >= 0.3 is 0 Å². The van der Waals surface area contributed by atoms with Gasteiger partial charge in [0, 0.05) is 19.8 Å². The number of ether oxygens (including phenoxy) is 1. The molecule has 0 aliphatic carbocycles. The standard InChI is InChI=1S/C14H26N2O3/c1-5-14(6-2)13(18)15-11(4)12(17)16(14)9-8-10-19-7-3/h11H,5-10H2,1-4H3,(H,15,18). The van der Waals surface area contributed by atoms with Gasteiger partial charge < -0.3 is 15.0 Å². The molecule has 5 heteroatoms. The SMILES string of the molecule is CCOCCCN1C(=O)C(C)NC(=O)C1(CC)CC. The summed E-state index contributed by atoms with van der Waals surface area (Å²) in [6.07, 6.45) is 2.05. The molecule has 1 atom stereocenters. The maximum atomic E-state index is 12.3. The summed E-state index contributed by atoms with van der Waals surface area (Å²) in [5.41, 5.74) is -0.685. The molecule has 0 aromatic rings. The van der Waals surface area contributed by atoms with Crippen LogP contribution >= 0.6 is 0 Å². The molecule has 0 saturated carbocycles. The number of carbonyl (C=O) groups excluding carboxylic acids is 2. The van der Waals surface area contributed by atoms with Crippen molar-refractivity contribution >= 4 is 11.8 Å². The Morgan fingerprint density at radius 3 is 2.42 bits per heavy atom. The summed E-state index contributed by atoms with van der Waals surface area (Å²) >= 11 is 0. The van der Waals surface area contributed by atoms with Crippen LogP contribution < -0.4 is 5.32 Å². The molecule has 1 N–H and O–H groups in total. The van der Waals surface area contributed by atoms with E-state index in [0.717, 1.165) is 6.42 Å². The summed E-state index contributed by atoms with van der Waals surface area (Å²) in [4.78, 5) is 26.4. The second-order valence-corrected chi connectivity index (χ2v) is 4.97. The average molecular weight is 270 g/mol. The molecule has 2 amide bonds. The minimum atomic E-state index is -0.685. The maximum Gasteiger partial charge on any atom is 0.246 e. The Kier molecular flexibility index (Phi) is 5.79. The zero-order valence-corrected chi connectivity index (χ0v) is 12.5. The van der Waals surface area contributed by atoms with Crippen LogP contribution in [0.25, 0.3) is 0 Å². The number of hydrogen-bond donors (Lipinski definition) is 1. The maximum absolute atomic E-state index is 12.3. The van der Waals surface area contributed by atoms with Crippen molar-refractivity contribution in [1.29, 1.82) is 0 Å². The van der Waals surface area contributed by atoms with E-state index < -0.39 is 11.6 Å². The molecular weight excluding hydrogens is 244 g/mol. The summed E-state index contributed by atoms with van der Waals surface area (Å²) in [6, 6.07) is -0.425. The zero-order valence-electron chi connectivity index (χ0n) is 12.5. The molecule has 1 rings (SSSR count). The predicted molar refractivity (Wildman–Crippen MR) is 73.7 cm³/mol. The number of nitrogens with one attached hydrogen (secondary N) is 1. The normalized spacial score (nSPS) is 22.5. The Morgan fingerprint density at radius 1 is 1.26 bits per heavy atom. The summed E-state index contributed by atoms with van der Waals surface area (Å²) < 4.78 is 5.31.